The summed E-state index contributed by atoms with van der Waals surface area (Å²) in [7, 11) is 0. The second kappa shape index (κ2) is 6.16. The highest BCUT2D eigenvalue weighted by Gasteiger charge is 2.42. The van der Waals surface area contributed by atoms with Crippen LogP contribution in [0.4, 0.5) is 11.8 Å². The lowest BCUT2D eigenvalue weighted by molar-refractivity contribution is 0.0133. The van der Waals surface area contributed by atoms with E-state index in [9.17, 15) is 5.11 Å². The molecule has 3 heterocycles. The SMILES string of the molecule is O[C@@H]1C[C@H](Nc2ccnc(N3CCCCC3)n2)[C@H]1n1cccn1. The minimum atomic E-state index is -0.365. The minimum Gasteiger partial charge on any atom is -0.391 e. The molecular weight excluding hydrogens is 292 g/mol. The van der Waals surface area contributed by atoms with Crippen LogP contribution >= 0.6 is 0 Å². The average Bonchev–Trinajstić information content (AvgIpc) is 3.09. The molecule has 3 atom stereocenters. The first-order valence-electron chi connectivity index (χ1n) is 8.33. The molecule has 7 heteroatoms. The van der Waals surface area contributed by atoms with Gasteiger partial charge in [0.15, 0.2) is 0 Å². The summed E-state index contributed by atoms with van der Waals surface area (Å²) in [5.41, 5.74) is 0. The molecule has 2 aromatic rings. The molecule has 1 saturated heterocycles. The summed E-state index contributed by atoms with van der Waals surface area (Å²) in [5.74, 6) is 1.61. The first-order chi connectivity index (χ1) is 11.3. The van der Waals surface area contributed by atoms with Gasteiger partial charge in [0.1, 0.15) is 5.82 Å². The summed E-state index contributed by atoms with van der Waals surface area (Å²) in [6.45, 7) is 2.06. The lowest BCUT2D eigenvalue weighted by Gasteiger charge is -2.42. The second-order valence-electron chi connectivity index (χ2n) is 6.32. The number of nitrogens with zero attached hydrogens (tertiary/aromatic N) is 5. The number of aromatic nitrogens is 4. The summed E-state index contributed by atoms with van der Waals surface area (Å²) in [4.78, 5) is 11.3. The Morgan fingerprint density at radius 3 is 2.78 bits per heavy atom. The fraction of sp³-hybridized carbons (Fsp3) is 0.562. The van der Waals surface area contributed by atoms with Crippen LogP contribution in [0.25, 0.3) is 0 Å². The molecule has 4 rings (SSSR count). The summed E-state index contributed by atoms with van der Waals surface area (Å²) in [6.07, 6.45) is 9.47. The third-order valence-corrected chi connectivity index (χ3v) is 4.75. The maximum absolute atomic E-state index is 10.0. The molecule has 0 aromatic carbocycles. The second-order valence-corrected chi connectivity index (χ2v) is 6.32. The predicted molar refractivity (Wildman–Crippen MR) is 87.4 cm³/mol. The van der Waals surface area contributed by atoms with Gasteiger partial charge in [-0.3, -0.25) is 4.68 Å². The molecule has 23 heavy (non-hydrogen) atoms. The molecule has 2 N–H and O–H groups in total. The van der Waals surface area contributed by atoms with Gasteiger partial charge in [-0.15, -0.1) is 0 Å². The molecule has 0 radical (unpaired) electrons. The van der Waals surface area contributed by atoms with Crippen LogP contribution in [-0.2, 0) is 0 Å². The Labute approximate surface area is 135 Å². The number of aliphatic hydroxyl groups excluding tert-OH is 1. The Bertz CT molecular complexity index is 640. The van der Waals surface area contributed by atoms with E-state index in [2.05, 4.69) is 25.3 Å². The number of piperidine rings is 1. The van der Waals surface area contributed by atoms with Crippen LogP contribution in [0, 0.1) is 0 Å². The summed E-state index contributed by atoms with van der Waals surface area (Å²) >= 11 is 0. The van der Waals surface area contributed by atoms with E-state index >= 15 is 0 Å². The first-order valence-corrected chi connectivity index (χ1v) is 8.33. The van der Waals surface area contributed by atoms with Crippen molar-refractivity contribution >= 4 is 11.8 Å². The van der Waals surface area contributed by atoms with Crippen molar-refractivity contribution in [2.45, 2.75) is 43.9 Å². The van der Waals surface area contributed by atoms with E-state index in [0.717, 1.165) is 24.9 Å². The van der Waals surface area contributed by atoms with Gasteiger partial charge in [-0.05, 0) is 37.8 Å². The molecule has 7 nitrogen and oxygen atoms in total. The summed E-state index contributed by atoms with van der Waals surface area (Å²) < 4.78 is 1.82. The van der Waals surface area contributed by atoms with E-state index in [1.807, 2.05) is 23.0 Å². The third-order valence-electron chi connectivity index (χ3n) is 4.75. The lowest BCUT2D eigenvalue weighted by Crippen LogP contribution is -2.51. The Morgan fingerprint density at radius 1 is 1.17 bits per heavy atom. The van der Waals surface area contributed by atoms with E-state index in [0.29, 0.717) is 6.42 Å². The molecule has 1 aliphatic heterocycles. The van der Waals surface area contributed by atoms with Gasteiger partial charge >= 0.3 is 0 Å². The molecule has 2 aliphatic rings. The Balaban J connectivity index is 1.46. The van der Waals surface area contributed by atoms with Crippen molar-refractivity contribution in [1.82, 2.24) is 19.7 Å². The molecule has 1 aliphatic carbocycles. The molecule has 1 saturated carbocycles. The molecule has 0 amide bonds. The number of aliphatic hydroxyl groups is 1. The largest absolute Gasteiger partial charge is 0.391 e. The van der Waals surface area contributed by atoms with Crippen molar-refractivity contribution in [2.24, 2.45) is 0 Å². The predicted octanol–water partition coefficient (Wildman–Crippen LogP) is 1.45. The van der Waals surface area contributed by atoms with Gasteiger partial charge in [0.05, 0.1) is 18.2 Å². The molecule has 122 valence electrons. The van der Waals surface area contributed by atoms with Crippen LogP contribution in [0.15, 0.2) is 30.7 Å². The first kappa shape index (κ1) is 14.4. The number of nitrogens with one attached hydrogen (secondary N) is 1. The van der Waals surface area contributed by atoms with E-state index in [1.54, 1.807) is 12.4 Å². The number of anilines is 2. The van der Waals surface area contributed by atoms with Crippen molar-refractivity contribution in [2.75, 3.05) is 23.3 Å². The van der Waals surface area contributed by atoms with Crippen LogP contribution < -0.4 is 10.2 Å². The van der Waals surface area contributed by atoms with Crippen LogP contribution in [0.1, 0.15) is 31.7 Å². The monoisotopic (exact) mass is 314 g/mol. The van der Waals surface area contributed by atoms with E-state index < -0.39 is 0 Å². The van der Waals surface area contributed by atoms with Crippen molar-refractivity contribution in [3.05, 3.63) is 30.7 Å². The van der Waals surface area contributed by atoms with Crippen molar-refractivity contribution < 1.29 is 5.11 Å². The molecular formula is C16H22N6O. The van der Waals surface area contributed by atoms with Gasteiger partial charge in [0, 0.05) is 31.7 Å². The minimum absolute atomic E-state index is 0.0431. The van der Waals surface area contributed by atoms with Gasteiger partial charge < -0.3 is 15.3 Å². The maximum Gasteiger partial charge on any atom is 0.227 e. The van der Waals surface area contributed by atoms with Crippen molar-refractivity contribution in [3.8, 4) is 0 Å². The Kier molecular flexibility index (Phi) is 3.87. The Hall–Kier alpha value is -2.15. The zero-order chi connectivity index (χ0) is 15.6. The quantitative estimate of drug-likeness (QED) is 0.889. The highest BCUT2D eigenvalue weighted by Crippen LogP contribution is 2.34. The summed E-state index contributed by atoms with van der Waals surface area (Å²) in [6, 6.07) is 3.85. The van der Waals surface area contributed by atoms with E-state index in [-0.39, 0.29) is 18.2 Å². The van der Waals surface area contributed by atoms with Crippen LogP contribution in [0.3, 0.4) is 0 Å². The molecule has 2 fully saturated rings. The van der Waals surface area contributed by atoms with E-state index in [4.69, 9.17) is 0 Å². The molecule has 2 aromatic heterocycles. The van der Waals surface area contributed by atoms with Gasteiger partial charge in [0.25, 0.3) is 0 Å². The topological polar surface area (TPSA) is 79.1 Å². The zero-order valence-corrected chi connectivity index (χ0v) is 13.0. The fourth-order valence-corrected chi connectivity index (χ4v) is 3.44. The van der Waals surface area contributed by atoms with Gasteiger partial charge in [-0.1, -0.05) is 0 Å². The van der Waals surface area contributed by atoms with Crippen LogP contribution in [0.2, 0.25) is 0 Å². The summed E-state index contributed by atoms with van der Waals surface area (Å²) in [5, 5.41) is 17.7. The smallest absolute Gasteiger partial charge is 0.227 e. The average molecular weight is 314 g/mol. The van der Waals surface area contributed by atoms with E-state index in [1.165, 1.54) is 19.3 Å². The highest BCUT2D eigenvalue weighted by molar-refractivity contribution is 5.43. The molecule has 0 spiro atoms. The number of hydrogen-bond acceptors (Lipinski definition) is 6. The standard InChI is InChI=1S/C16H22N6O/c23-13-11-12(15(13)22-10-4-6-18-22)19-14-5-7-17-16(20-14)21-8-2-1-3-9-21/h4-7,10,12-13,15,23H,1-3,8-9,11H2,(H,17,19,20)/t12-,13+,15+/m0/s1. The van der Waals surface area contributed by atoms with Gasteiger partial charge in [0.2, 0.25) is 5.95 Å². The fourth-order valence-electron chi connectivity index (χ4n) is 3.44. The molecule has 0 bridgehead atoms. The normalized spacial score (nSPS) is 27.5. The molecule has 0 unspecified atom stereocenters. The Morgan fingerprint density at radius 2 is 2.04 bits per heavy atom. The van der Waals surface area contributed by atoms with Gasteiger partial charge in [-0.2, -0.15) is 10.1 Å². The van der Waals surface area contributed by atoms with Crippen molar-refractivity contribution in [1.29, 1.82) is 0 Å². The maximum atomic E-state index is 10.0. The number of rotatable bonds is 4. The van der Waals surface area contributed by atoms with Crippen LogP contribution in [0.5, 0.6) is 0 Å². The highest BCUT2D eigenvalue weighted by atomic mass is 16.3. The van der Waals surface area contributed by atoms with Gasteiger partial charge in [-0.25, -0.2) is 4.98 Å². The van der Waals surface area contributed by atoms with Crippen molar-refractivity contribution in [3.63, 3.8) is 0 Å². The third kappa shape index (κ3) is 2.88. The number of hydrogen-bond donors (Lipinski definition) is 2. The van der Waals surface area contributed by atoms with Crippen LogP contribution in [-0.4, -0.2) is 50.1 Å². The lowest BCUT2D eigenvalue weighted by atomic mass is 9.83. The zero-order valence-electron chi connectivity index (χ0n) is 13.0.